The number of benzene rings is 1. The maximum absolute atomic E-state index is 12.8. The van der Waals surface area contributed by atoms with Crippen LogP contribution in [0.3, 0.4) is 0 Å². The predicted molar refractivity (Wildman–Crippen MR) is 113 cm³/mol. The van der Waals surface area contributed by atoms with E-state index in [0.29, 0.717) is 25.8 Å². The first-order valence-corrected chi connectivity index (χ1v) is 10.5. The van der Waals surface area contributed by atoms with Gasteiger partial charge in [-0.1, -0.05) is 30.3 Å². The molecule has 0 N–H and O–H groups in total. The number of hydrogen-bond donors (Lipinski definition) is 0. The third-order valence-electron chi connectivity index (χ3n) is 5.75. The van der Waals surface area contributed by atoms with Crippen molar-refractivity contribution >= 4 is 5.91 Å². The van der Waals surface area contributed by atoms with Gasteiger partial charge in [0, 0.05) is 44.8 Å². The summed E-state index contributed by atoms with van der Waals surface area (Å²) in [6, 6.07) is 12.7. The molecule has 1 aliphatic rings. The fourth-order valence-corrected chi connectivity index (χ4v) is 4.08. The minimum atomic E-state index is 0.232. The molecule has 0 saturated carbocycles. The normalized spacial score (nSPS) is 15.1. The number of rotatable bonds is 7. The van der Waals surface area contributed by atoms with Gasteiger partial charge in [-0.2, -0.15) is 10.4 Å². The second-order valence-corrected chi connectivity index (χ2v) is 7.78. The molecule has 1 amide bonds. The minimum Gasteiger partial charge on any atom is -0.341 e. The maximum atomic E-state index is 12.8. The fourth-order valence-electron chi connectivity index (χ4n) is 4.08. The summed E-state index contributed by atoms with van der Waals surface area (Å²) in [7, 11) is 0. The molecule has 1 aromatic carbocycles. The minimum absolute atomic E-state index is 0.232. The third kappa shape index (κ3) is 5.68. The van der Waals surface area contributed by atoms with Gasteiger partial charge in [-0.3, -0.25) is 14.4 Å². The van der Waals surface area contributed by atoms with Gasteiger partial charge in [0.2, 0.25) is 5.91 Å². The number of nitriles is 1. The van der Waals surface area contributed by atoms with Gasteiger partial charge in [0.25, 0.3) is 0 Å². The zero-order valence-corrected chi connectivity index (χ0v) is 17.6. The van der Waals surface area contributed by atoms with Crippen molar-refractivity contribution in [2.24, 2.45) is 0 Å². The second-order valence-electron chi connectivity index (χ2n) is 7.78. The van der Waals surface area contributed by atoms with Gasteiger partial charge < -0.3 is 4.90 Å². The lowest BCUT2D eigenvalue weighted by atomic mass is 10.1. The molecule has 0 radical (unpaired) electrons. The number of hydrogen-bond acceptors (Lipinski definition) is 4. The summed E-state index contributed by atoms with van der Waals surface area (Å²) in [5.74, 6) is 0.232. The standard InChI is InChI=1S/C23H31N5O/c1-19-22(20(2)28(25-19)15-6-12-24)10-11-23(29)27-14-7-13-26(16-17-27)18-21-8-4-3-5-9-21/h3-5,8-9H,6-7,10-11,13-18H2,1-2H3. The third-order valence-corrected chi connectivity index (χ3v) is 5.75. The highest BCUT2D eigenvalue weighted by atomic mass is 16.2. The molecule has 0 bridgehead atoms. The highest BCUT2D eigenvalue weighted by molar-refractivity contribution is 5.76. The molecule has 1 fully saturated rings. The molecular formula is C23H31N5O. The number of carbonyl (C=O) groups is 1. The lowest BCUT2D eigenvalue weighted by Gasteiger charge is -2.22. The number of amides is 1. The molecule has 154 valence electrons. The van der Waals surface area contributed by atoms with Crippen molar-refractivity contribution in [1.82, 2.24) is 19.6 Å². The molecule has 1 aliphatic heterocycles. The van der Waals surface area contributed by atoms with Crippen LogP contribution in [0.2, 0.25) is 0 Å². The molecule has 0 atom stereocenters. The Morgan fingerprint density at radius 2 is 1.93 bits per heavy atom. The van der Waals surface area contributed by atoms with Gasteiger partial charge in [0.1, 0.15) is 0 Å². The summed E-state index contributed by atoms with van der Waals surface area (Å²) in [5, 5.41) is 13.3. The number of nitrogens with zero attached hydrogens (tertiary/aromatic N) is 5. The van der Waals surface area contributed by atoms with E-state index in [1.54, 1.807) is 0 Å². The van der Waals surface area contributed by atoms with E-state index in [9.17, 15) is 4.79 Å². The van der Waals surface area contributed by atoms with E-state index >= 15 is 0 Å². The summed E-state index contributed by atoms with van der Waals surface area (Å²) in [4.78, 5) is 17.3. The topological polar surface area (TPSA) is 65.2 Å². The van der Waals surface area contributed by atoms with E-state index in [0.717, 1.165) is 56.1 Å². The molecule has 6 heteroatoms. The molecule has 1 saturated heterocycles. The Balaban J connectivity index is 1.51. The van der Waals surface area contributed by atoms with E-state index in [-0.39, 0.29) is 5.91 Å². The van der Waals surface area contributed by atoms with Crippen molar-refractivity contribution in [3.05, 3.63) is 52.8 Å². The molecule has 6 nitrogen and oxygen atoms in total. The first-order chi connectivity index (χ1) is 14.1. The van der Waals surface area contributed by atoms with Crippen LogP contribution in [0.5, 0.6) is 0 Å². The SMILES string of the molecule is Cc1nn(CCC#N)c(C)c1CCC(=O)N1CCCN(Cc2ccccc2)CC1. The van der Waals surface area contributed by atoms with Gasteiger partial charge in [0.15, 0.2) is 0 Å². The lowest BCUT2D eigenvalue weighted by molar-refractivity contribution is -0.131. The van der Waals surface area contributed by atoms with Crippen molar-refractivity contribution in [3.63, 3.8) is 0 Å². The Morgan fingerprint density at radius 1 is 1.14 bits per heavy atom. The van der Waals surface area contributed by atoms with Gasteiger partial charge in [-0.05, 0) is 37.8 Å². The summed E-state index contributed by atoms with van der Waals surface area (Å²) < 4.78 is 1.89. The van der Waals surface area contributed by atoms with Gasteiger partial charge in [0.05, 0.1) is 24.7 Å². The van der Waals surface area contributed by atoms with Crippen LogP contribution >= 0.6 is 0 Å². The first-order valence-electron chi connectivity index (χ1n) is 10.5. The highest BCUT2D eigenvalue weighted by Gasteiger charge is 2.20. The van der Waals surface area contributed by atoms with Crippen molar-refractivity contribution in [2.45, 2.75) is 52.6 Å². The monoisotopic (exact) mass is 393 g/mol. The van der Waals surface area contributed by atoms with Crippen molar-refractivity contribution in [1.29, 1.82) is 5.26 Å². The van der Waals surface area contributed by atoms with Crippen LogP contribution in [-0.2, 0) is 24.3 Å². The van der Waals surface area contributed by atoms with E-state index in [4.69, 9.17) is 5.26 Å². The molecule has 1 aromatic heterocycles. The lowest BCUT2D eigenvalue weighted by Crippen LogP contribution is -2.35. The second kappa shape index (κ2) is 10.2. The molecule has 3 rings (SSSR count). The number of aryl methyl sites for hydroxylation is 2. The number of carbonyl (C=O) groups excluding carboxylic acids is 1. The van der Waals surface area contributed by atoms with E-state index in [2.05, 4.69) is 40.3 Å². The fraction of sp³-hybridized carbons (Fsp3) is 0.522. The van der Waals surface area contributed by atoms with Crippen LogP contribution in [-0.4, -0.2) is 51.7 Å². The van der Waals surface area contributed by atoms with Crippen LogP contribution in [0.15, 0.2) is 30.3 Å². The zero-order chi connectivity index (χ0) is 20.6. The first kappa shape index (κ1) is 21.1. The van der Waals surface area contributed by atoms with Gasteiger partial charge in [-0.25, -0.2) is 0 Å². The largest absolute Gasteiger partial charge is 0.341 e. The van der Waals surface area contributed by atoms with E-state index in [1.807, 2.05) is 29.5 Å². The van der Waals surface area contributed by atoms with Crippen LogP contribution in [0, 0.1) is 25.2 Å². The van der Waals surface area contributed by atoms with Crippen molar-refractivity contribution in [2.75, 3.05) is 26.2 Å². The average Bonchev–Trinajstić information content (AvgIpc) is 2.88. The molecule has 29 heavy (non-hydrogen) atoms. The Hall–Kier alpha value is -2.65. The predicted octanol–water partition coefficient (Wildman–Crippen LogP) is 3.08. The maximum Gasteiger partial charge on any atom is 0.222 e. The Bertz CT molecular complexity index is 852. The smallest absolute Gasteiger partial charge is 0.222 e. The summed E-state index contributed by atoms with van der Waals surface area (Å²) >= 11 is 0. The van der Waals surface area contributed by atoms with Crippen molar-refractivity contribution < 1.29 is 4.79 Å². The van der Waals surface area contributed by atoms with Gasteiger partial charge >= 0.3 is 0 Å². The summed E-state index contributed by atoms with van der Waals surface area (Å²) in [5.41, 5.74) is 4.53. The molecule has 0 spiro atoms. The van der Waals surface area contributed by atoms with Crippen LogP contribution < -0.4 is 0 Å². The van der Waals surface area contributed by atoms with Crippen LogP contribution in [0.25, 0.3) is 0 Å². The van der Waals surface area contributed by atoms with E-state index < -0.39 is 0 Å². The van der Waals surface area contributed by atoms with Gasteiger partial charge in [-0.15, -0.1) is 0 Å². The van der Waals surface area contributed by atoms with E-state index in [1.165, 1.54) is 5.56 Å². The quantitative estimate of drug-likeness (QED) is 0.725. The Kier molecular flexibility index (Phi) is 7.42. The van der Waals surface area contributed by atoms with Crippen molar-refractivity contribution in [3.8, 4) is 6.07 Å². The molecule has 0 unspecified atom stereocenters. The Labute approximate surface area is 173 Å². The molecule has 2 aromatic rings. The highest BCUT2D eigenvalue weighted by Crippen LogP contribution is 2.17. The molecule has 0 aliphatic carbocycles. The summed E-state index contributed by atoms with van der Waals surface area (Å²) in [6.45, 7) is 9.17. The average molecular weight is 394 g/mol. The number of aromatic nitrogens is 2. The molecule has 2 heterocycles. The summed E-state index contributed by atoms with van der Waals surface area (Å²) in [6.07, 6.45) is 2.70. The molecular weight excluding hydrogens is 362 g/mol. The Morgan fingerprint density at radius 3 is 2.69 bits per heavy atom. The zero-order valence-electron chi connectivity index (χ0n) is 17.6. The van der Waals surface area contributed by atoms with Crippen LogP contribution in [0.1, 0.15) is 41.8 Å². The van der Waals surface area contributed by atoms with Crippen LogP contribution in [0.4, 0.5) is 0 Å².